The Morgan fingerprint density at radius 3 is 2.25 bits per heavy atom. The van der Waals surface area contributed by atoms with E-state index in [4.69, 9.17) is 5.73 Å². The van der Waals surface area contributed by atoms with Crippen molar-refractivity contribution in [1.82, 2.24) is 4.98 Å². The molecule has 0 spiro atoms. The Morgan fingerprint density at radius 2 is 1.90 bits per heavy atom. The predicted octanol–water partition coefficient (Wildman–Crippen LogP) is 1.02. The van der Waals surface area contributed by atoms with Crippen LogP contribution in [0.4, 0.5) is 22.0 Å². The summed E-state index contributed by atoms with van der Waals surface area (Å²) in [5.74, 6) is -1.33. The standard InChI is InChI=1S/C8H8F5N3O3S/c9-7(10)5-6(19-8(11,12)13)3(2-14)1-4(16-5)20(15,17)18/h1,7H,2,14H2,(H2,15,17,18). The average molecular weight is 321 g/mol. The zero-order chi connectivity index (χ0) is 15.7. The summed E-state index contributed by atoms with van der Waals surface area (Å²) in [6, 6.07) is 0.544. The van der Waals surface area contributed by atoms with E-state index in [1.807, 2.05) is 0 Å². The Bertz CT molecular complexity index is 602. The molecular weight excluding hydrogens is 313 g/mol. The Hall–Kier alpha value is -1.53. The minimum Gasteiger partial charge on any atom is -0.403 e. The molecule has 0 bridgehead atoms. The summed E-state index contributed by atoms with van der Waals surface area (Å²) in [6.45, 7) is -0.684. The molecule has 0 fully saturated rings. The number of rotatable bonds is 4. The molecule has 0 aliphatic rings. The number of hydrogen-bond acceptors (Lipinski definition) is 5. The van der Waals surface area contributed by atoms with Crippen molar-refractivity contribution in [3.63, 3.8) is 0 Å². The van der Waals surface area contributed by atoms with E-state index in [1.165, 1.54) is 0 Å². The van der Waals surface area contributed by atoms with Crippen molar-refractivity contribution in [2.75, 3.05) is 0 Å². The number of ether oxygens (including phenoxy) is 1. The monoisotopic (exact) mass is 321 g/mol. The van der Waals surface area contributed by atoms with E-state index in [1.54, 1.807) is 0 Å². The van der Waals surface area contributed by atoms with Crippen LogP contribution in [0.2, 0.25) is 0 Å². The van der Waals surface area contributed by atoms with Crippen LogP contribution >= 0.6 is 0 Å². The van der Waals surface area contributed by atoms with Crippen LogP contribution in [0.3, 0.4) is 0 Å². The molecule has 0 atom stereocenters. The van der Waals surface area contributed by atoms with E-state index in [2.05, 4.69) is 14.9 Å². The van der Waals surface area contributed by atoms with Gasteiger partial charge >= 0.3 is 6.36 Å². The zero-order valence-corrected chi connectivity index (χ0v) is 10.3. The second kappa shape index (κ2) is 5.46. The van der Waals surface area contributed by atoms with Crippen molar-refractivity contribution < 1.29 is 35.1 Å². The molecule has 0 amide bonds. The third-order valence-corrected chi connectivity index (χ3v) is 2.78. The molecule has 1 rings (SSSR count). The molecule has 20 heavy (non-hydrogen) atoms. The molecule has 0 saturated carbocycles. The van der Waals surface area contributed by atoms with E-state index in [0.29, 0.717) is 6.07 Å². The minimum absolute atomic E-state index is 0.544. The minimum atomic E-state index is -5.27. The van der Waals surface area contributed by atoms with E-state index in [0.717, 1.165) is 0 Å². The first-order valence-electron chi connectivity index (χ1n) is 4.76. The number of nitrogens with zero attached hydrogens (tertiary/aromatic N) is 1. The van der Waals surface area contributed by atoms with Gasteiger partial charge in [-0.1, -0.05) is 0 Å². The topological polar surface area (TPSA) is 108 Å². The lowest BCUT2D eigenvalue weighted by Crippen LogP contribution is -2.22. The van der Waals surface area contributed by atoms with Crippen molar-refractivity contribution in [2.24, 2.45) is 10.9 Å². The van der Waals surface area contributed by atoms with E-state index < -0.39 is 51.4 Å². The Balaban J connectivity index is 3.57. The Kier molecular flexibility index (Phi) is 4.51. The van der Waals surface area contributed by atoms with E-state index in [9.17, 15) is 30.4 Å². The fraction of sp³-hybridized carbons (Fsp3) is 0.375. The molecule has 0 radical (unpaired) electrons. The first-order valence-corrected chi connectivity index (χ1v) is 6.31. The molecule has 4 N–H and O–H groups in total. The first kappa shape index (κ1) is 16.5. The second-order valence-electron chi connectivity index (χ2n) is 3.43. The van der Waals surface area contributed by atoms with Gasteiger partial charge in [0.1, 0.15) is 0 Å². The van der Waals surface area contributed by atoms with Gasteiger partial charge in [0.2, 0.25) is 0 Å². The fourth-order valence-electron chi connectivity index (χ4n) is 1.26. The highest BCUT2D eigenvalue weighted by Gasteiger charge is 2.36. The lowest BCUT2D eigenvalue weighted by Gasteiger charge is -2.16. The zero-order valence-electron chi connectivity index (χ0n) is 9.49. The third-order valence-electron chi connectivity index (χ3n) is 1.99. The predicted molar refractivity (Wildman–Crippen MR) is 55.1 cm³/mol. The maximum absolute atomic E-state index is 12.7. The number of pyridine rings is 1. The summed E-state index contributed by atoms with van der Waals surface area (Å²) in [4.78, 5) is 2.89. The van der Waals surface area contributed by atoms with E-state index >= 15 is 0 Å². The van der Waals surface area contributed by atoms with Gasteiger partial charge in [-0.2, -0.15) is 0 Å². The van der Waals surface area contributed by atoms with E-state index in [-0.39, 0.29) is 0 Å². The summed E-state index contributed by atoms with van der Waals surface area (Å²) in [5, 5.41) is 3.66. The molecule has 0 aliphatic heterocycles. The van der Waals surface area contributed by atoms with Gasteiger partial charge in [0.05, 0.1) is 0 Å². The maximum atomic E-state index is 12.7. The summed E-state index contributed by atoms with van der Waals surface area (Å²) < 4.78 is 87.4. The van der Waals surface area contributed by atoms with Crippen LogP contribution in [0.15, 0.2) is 11.1 Å². The van der Waals surface area contributed by atoms with Gasteiger partial charge in [-0.25, -0.2) is 27.3 Å². The van der Waals surface area contributed by atoms with Gasteiger partial charge in [0.25, 0.3) is 16.4 Å². The number of nitrogens with two attached hydrogens (primary N) is 2. The number of primary sulfonamides is 1. The summed E-state index contributed by atoms with van der Waals surface area (Å²) in [6.07, 6.45) is -8.78. The van der Waals surface area contributed by atoms with Gasteiger partial charge in [-0.15, -0.1) is 13.2 Å². The highest BCUT2D eigenvalue weighted by molar-refractivity contribution is 7.89. The lowest BCUT2D eigenvalue weighted by atomic mass is 10.2. The molecule has 1 aromatic heterocycles. The second-order valence-corrected chi connectivity index (χ2v) is 4.94. The molecular formula is C8H8F5N3O3S. The Morgan fingerprint density at radius 1 is 1.35 bits per heavy atom. The molecule has 114 valence electrons. The number of alkyl halides is 5. The van der Waals surface area contributed by atoms with Crippen molar-refractivity contribution in [3.8, 4) is 5.75 Å². The third kappa shape index (κ3) is 3.98. The first-order chi connectivity index (χ1) is 8.95. The lowest BCUT2D eigenvalue weighted by molar-refractivity contribution is -0.275. The summed E-state index contributed by atoms with van der Waals surface area (Å²) in [7, 11) is -4.49. The molecule has 0 aromatic carbocycles. The molecule has 6 nitrogen and oxygen atoms in total. The molecule has 12 heteroatoms. The van der Waals surface area contributed by atoms with Crippen LogP contribution < -0.4 is 15.6 Å². The van der Waals surface area contributed by atoms with Crippen molar-refractivity contribution in [2.45, 2.75) is 24.4 Å². The van der Waals surface area contributed by atoms with Crippen LogP contribution in [0.5, 0.6) is 5.75 Å². The van der Waals surface area contributed by atoms with Crippen molar-refractivity contribution in [1.29, 1.82) is 0 Å². The normalized spacial score (nSPS) is 12.8. The SMILES string of the molecule is NCc1cc(S(N)(=O)=O)nc(C(F)F)c1OC(F)(F)F. The maximum Gasteiger partial charge on any atom is 0.573 e. The van der Waals surface area contributed by atoms with Crippen molar-refractivity contribution >= 4 is 10.0 Å². The van der Waals surface area contributed by atoms with Crippen LogP contribution in [0, 0.1) is 0 Å². The molecule has 1 aromatic rings. The number of hydrogen-bond donors (Lipinski definition) is 2. The molecule has 0 aliphatic carbocycles. The van der Waals surface area contributed by atoms with Gasteiger partial charge < -0.3 is 10.5 Å². The summed E-state index contributed by atoms with van der Waals surface area (Å²) in [5.41, 5.74) is 2.98. The number of halogens is 5. The highest BCUT2D eigenvalue weighted by atomic mass is 32.2. The summed E-state index contributed by atoms with van der Waals surface area (Å²) >= 11 is 0. The number of sulfonamides is 1. The molecule has 1 heterocycles. The van der Waals surface area contributed by atoms with Crippen LogP contribution in [0.25, 0.3) is 0 Å². The largest absolute Gasteiger partial charge is 0.573 e. The highest BCUT2D eigenvalue weighted by Crippen LogP contribution is 2.35. The van der Waals surface area contributed by atoms with Gasteiger partial charge in [0, 0.05) is 12.1 Å². The quantitative estimate of drug-likeness (QED) is 0.805. The Labute approximate surface area is 109 Å². The fourth-order valence-corrected chi connectivity index (χ4v) is 1.79. The molecule has 0 unspecified atom stereocenters. The van der Waals surface area contributed by atoms with Crippen molar-refractivity contribution in [3.05, 3.63) is 17.3 Å². The number of aromatic nitrogens is 1. The molecule has 0 saturated heterocycles. The van der Waals surface area contributed by atoms with Gasteiger partial charge in [-0.05, 0) is 6.07 Å². The van der Waals surface area contributed by atoms with Crippen LogP contribution in [-0.4, -0.2) is 19.8 Å². The van der Waals surface area contributed by atoms with Crippen LogP contribution in [0.1, 0.15) is 17.7 Å². The van der Waals surface area contributed by atoms with Gasteiger partial charge in [0.15, 0.2) is 16.5 Å². The smallest absolute Gasteiger partial charge is 0.403 e. The van der Waals surface area contributed by atoms with Crippen LogP contribution in [-0.2, 0) is 16.6 Å². The average Bonchev–Trinajstić information content (AvgIpc) is 2.25. The van der Waals surface area contributed by atoms with Gasteiger partial charge in [-0.3, -0.25) is 0 Å².